The van der Waals surface area contributed by atoms with Gasteiger partial charge in [0, 0.05) is 12.1 Å². The average Bonchev–Trinajstić information content (AvgIpc) is 3.05. The summed E-state index contributed by atoms with van der Waals surface area (Å²) in [6.45, 7) is 0. The van der Waals surface area contributed by atoms with Gasteiger partial charge in [-0.25, -0.2) is 4.98 Å². The summed E-state index contributed by atoms with van der Waals surface area (Å²) in [5.74, 6) is 0.562. The third-order valence-electron chi connectivity index (χ3n) is 6.05. The van der Waals surface area contributed by atoms with Crippen LogP contribution >= 0.6 is 0 Å². The first-order chi connectivity index (χ1) is 15.1. The van der Waals surface area contributed by atoms with Gasteiger partial charge in [-0.05, 0) is 43.9 Å². The van der Waals surface area contributed by atoms with Crippen molar-refractivity contribution < 1.29 is 19.1 Å². The summed E-state index contributed by atoms with van der Waals surface area (Å²) in [7, 11) is 1.54. The first kappa shape index (κ1) is 19.3. The Bertz CT molecular complexity index is 1210. The predicted molar refractivity (Wildman–Crippen MR) is 113 cm³/mol. The van der Waals surface area contributed by atoms with Crippen LogP contribution in [0.3, 0.4) is 0 Å². The van der Waals surface area contributed by atoms with Crippen LogP contribution in [0.1, 0.15) is 46.4 Å². The topological polar surface area (TPSA) is 102 Å². The number of amides is 2. The van der Waals surface area contributed by atoms with E-state index in [-0.39, 0.29) is 29.5 Å². The van der Waals surface area contributed by atoms with Gasteiger partial charge in [-0.1, -0.05) is 12.1 Å². The first-order valence-electron chi connectivity index (χ1n) is 10.3. The zero-order chi connectivity index (χ0) is 21.5. The Hall–Kier alpha value is -3.68. The van der Waals surface area contributed by atoms with E-state index in [0.29, 0.717) is 59.2 Å². The van der Waals surface area contributed by atoms with Crippen LogP contribution in [0.4, 0.5) is 0 Å². The Morgan fingerprint density at radius 3 is 2.29 bits per heavy atom. The quantitative estimate of drug-likeness (QED) is 0.653. The number of nitrogens with one attached hydrogen (secondary N) is 1. The lowest BCUT2D eigenvalue weighted by atomic mass is 9.91. The number of carbonyl (C=O) groups is 2. The first-order valence-corrected chi connectivity index (χ1v) is 10.3. The van der Waals surface area contributed by atoms with E-state index < -0.39 is 0 Å². The molecule has 2 aromatic carbocycles. The summed E-state index contributed by atoms with van der Waals surface area (Å²) >= 11 is 0. The molecule has 0 saturated heterocycles. The summed E-state index contributed by atoms with van der Waals surface area (Å²) in [5, 5.41) is 0.429. The second kappa shape index (κ2) is 7.54. The summed E-state index contributed by atoms with van der Waals surface area (Å²) in [4.78, 5) is 45.7. The third kappa shape index (κ3) is 3.24. The fourth-order valence-corrected chi connectivity index (χ4v) is 4.47. The second-order valence-corrected chi connectivity index (χ2v) is 7.83. The van der Waals surface area contributed by atoms with Gasteiger partial charge < -0.3 is 14.5 Å². The molecule has 1 fully saturated rings. The van der Waals surface area contributed by atoms with E-state index >= 15 is 0 Å². The van der Waals surface area contributed by atoms with Gasteiger partial charge in [-0.3, -0.25) is 19.3 Å². The van der Waals surface area contributed by atoms with Crippen LogP contribution in [0.5, 0.6) is 11.5 Å². The number of imide groups is 1. The zero-order valence-corrected chi connectivity index (χ0v) is 17.0. The number of fused-ring (bicyclic) bond motifs is 2. The molecule has 0 unspecified atom stereocenters. The highest BCUT2D eigenvalue weighted by Crippen LogP contribution is 2.36. The van der Waals surface area contributed by atoms with Crippen molar-refractivity contribution in [2.75, 3.05) is 7.11 Å². The van der Waals surface area contributed by atoms with E-state index in [4.69, 9.17) is 9.47 Å². The molecule has 8 nitrogen and oxygen atoms in total. The predicted octanol–water partition coefficient (Wildman–Crippen LogP) is 2.92. The van der Waals surface area contributed by atoms with Crippen molar-refractivity contribution in [2.45, 2.75) is 37.8 Å². The molecule has 1 N–H and O–H groups in total. The second-order valence-electron chi connectivity index (χ2n) is 7.83. The maximum Gasteiger partial charge on any atom is 0.261 e. The number of carbonyl (C=O) groups excluding carboxylic acids is 2. The van der Waals surface area contributed by atoms with E-state index in [1.807, 2.05) is 0 Å². The number of nitrogens with zero attached hydrogens (tertiary/aromatic N) is 2. The smallest absolute Gasteiger partial charge is 0.261 e. The highest BCUT2D eigenvalue weighted by Gasteiger charge is 2.41. The van der Waals surface area contributed by atoms with Crippen molar-refractivity contribution in [3.05, 3.63) is 64.2 Å². The Balaban J connectivity index is 1.31. The van der Waals surface area contributed by atoms with Crippen molar-refractivity contribution in [3.8, 4) is 11.5 Å². The van der Waals surface area contributed by atoms with E-state index in [1.54, 1.807) is 43.5 Å². The Morgan fingerprint density at radius 2 is 1.65 bits per heavy atom. The molecule has 0 bridgehead atoms. The van der Waals surface area contributed by atoms with E-state index in [9.17, 15) is 14.4 Å². The normalized spacial score (nSPS) is 20.7. The lowest BCUT2D eigenvalue weighted by Crippen LogP contribution is -2.43. The van der Waals surface area contributed by atoms with Crippen LogP contribution < -0.4 is 15.0 Å². The molecule has 0 atom stereocenters. The van der Waals surface area contributed by atoms with E-state index in [2.05, 4.69) is 9.97 Å². The minimum atomic E-state index is -0.244. The lowest BCUT2D eigenvalue weighted by molar-refractivity contribution is 0.0476. The molecular weight excluding hydrogens is 398 g/mol. The fourth-order valence-electron chi connectivity index (χ4n) is 4.47. The molecule has 2 amide bonds. The molecule has 1 aliphatic carbocycles. The van der Waals surface area contributed by atoms with Gasteiger partial charge in [-0.15, -0.1) is 0 Å². The zero-order valence-electron chi connectivity index (χ0n) is 17.0. The molecule has 31 heavy (non-hydrogen) atoms. The molecule has 1 aliphatic heterocycles. The van der Waals surface area contributed by atoms with Gasteiger partial charge in [0.15, 0.2) is 11.5 Å². The van der Waals surface area contributed by atoms with Crippen LogP contribution in [-0.4, -0.2) is 45.9 Å². The standard InChI is InChI=1S/C23H21N3O5/c1-30-19-11-18-17(21(27)25-12-24-18)10-20(19)31-14-8-6-13(7-9-14)26-22(28)15-4-2-3-5-16(15)23(26)29/h2-5,10-14H,6-9H2,1H3,(H,24,25,27)/t13-,14-. The average molecular weight is 419 g/mol. The van der Waals surface area contributed by atoms with Crippen LogP contribution in [0.2, 0.25) is 0 Å². The molecule has 5 rings (SSSR count). The number of benzene rings is 2. The Kier molecular flexibility index (Phi) is 4.69. The summed E-state index contributed by atoms with van der Waals surface area (Å²) in [5.41, 5.74) is 1.24. The number of aromatic amines is 1. The van der Waals surface area contributed by atoms with Gasteiger partial charge in [0.25, 0.3) is 17.4 Å². The van der Waals surface area contributed by atoms with E-state index in [0.717, 1.165) is 0 Å². The minimum absolute atomic E-state index is 0.103. The van der Waals surface area contributed by atoms with Crippen molar-refractivity contribution in [1.29, 1.82) is 0 Å². The minimum Gasteiger partial charge on any atom is -0.493 e. The fraction of sp³-hybridized carbons (Fsp3) is 0.304. The van der Waals surface area contributed by atoms with Gasteiger partial charge in [0.2, 0.25) is 0 Å². The molecule has 8 heteroatoms. The molecule has 2 heterocycles. The summed E-state index contributed by atoms with van der Waals surface area (Å²) in [6.07, 6.45) is 3.94. The van der Waals surface area contributed by atoms with E-state index in [1.165, 1.54) is 11.2 Å². The molecular formula is C23H21N3O5. The van der Waals surface area contributed by atoms with Crippen LogP contribution in [-0.2, 0) is 0 Å². The number of H-pyrrole nitrogens is 1. The molecule has 1 aromatic heterocycles. The van der Waals surface area contributed by atoms with Gasteiger partial charge in [0.05, 0.1) is 41.6 Å². The van der Waals surface area contributed by atoms with Crippen LogP contribution in [0, 0.1) is 0 Å². The Morgan fingerprint density at radius 1 is 0.968 bits per heavy atom. The van der Waals surface area contributed by atoms with Gasteiger partial charge in [0.1, 0.15) is 0 Å². The highest BCUT2D eigenvalue weighted by molar-refractivity contribution is 6.21. The number of hydrogen-bond acceptors (Lipinski definition) is 6. The van der Waals surface area contributed by atoms with Crippen LogP contribution in [0.15, 0.2) is 47.5 Å². The third-order valence-corrected chi connectivity index (χ3v) is 6.05. The van der Waals surface area contributed by atoms with Crippen molar-refractivity contribution in [3.63, 3.8) is 0 Å². The monoisotopic (exact) mass is 419 g/mol. The molecule has 158 valence electrons. The number of aromatic nitrogens is 2. The molecule has 1 saturated carbocycles. The van der Waals surface area contributed by atoms with Gasteiger partial charge >= 0.3 is 0 Å². The highest BCUT2D eigenvalue weighted by atomic mass is 16.5. The van der Waals surface area contributed by atoms with Crippen molar-refractivity contribution in [1.82, 2.24) is 14.9 Å². The van der Waals surface area contributed by atoms with Crippen molar-refractivity contribution in [2.24, 2.45) is 0 Å². The summed E-state index contributed by atoms with van der Waals surface area (Å²) in [6, 6.07) is 10.1. The number of methoxy groups -OCH3 is 1. The van der Waals surface area contributed by atoms with Crippen molar-refractivity contribution >= 4 is 22.7 Å². The summed E-state index contributed by atoms with van der Waals surface area (Å²) < 4.78 is 11.6. The number of ether oxygens (including phenoxy) is 2. The van der Waals surface area contributed by atoms with Crippen LogP contribution in [0.25, 0.3) is 10.9 Å². The SMILES string of the molecule is COc1cc2nc[nH]c(=O)c2cc1O[C@H]1CC[C@H](N2C(=O)c3ccccc3C2=O)CC1. The lowest BCUT2D eigenvalue weighted by Gasteiger charge is -2.33. The molecule has 3 aromatic rings. The molecule has 0 spiro atoms. The number of hydrogen-bond donors (Lipinski definition) is 1. The molecule has 0 radical (unpaired) electrons. The maximum atomic E-state index is 12.7. The number of rotatable bonds is 4. The maximum absolute atomic E-state index is 12.7. The van der Waals surface area contributed by atoms with Gasteiger partial charge in [-0.2, -0.15) is 0 Å². The largest absolute Gasteiger partial charge is 0.493 e. The molecule has 2 aliphatic rings. The Labute approximate surface area is 177 Å².